The van der Waals surface area contributed by atoms with E-state index in [-0.39, 0.29) is 11.9 Å². The van der Waals surface area contributed by atoms with Crippen LogP contribution in [-0.2, 0) is 6.54 Å². The van der Waals surface area contributed by atoms with Crippen LogP contribution >= 0.6 is 0 Å². The SMILES string of the molecule is CCC1CCC(Oc2ccc(CNC3CC3)cc2F)CC1. The van der Waals surface area contributed by atoms with E-state index in [1.54, 1.807) is 12.1 Å². The van der Waals surface area contributed by atoms with E-state index in [2.05, 4.69) is 12.2 Å². The molecule has 1 aromatic carbocycles. The van der Waals surface area contributed by atoms with Crippen LogP contribution in [0.4, 0.5) is 4.39 Å². The minimum atomic E-state index is -0.220. The predicted molar refractivity (Wildman–Crippen MR) is 82.9 cm³/mol. The molecule has 0 radical (unpaired) electrons. The van der Waals surface area contributed by atoms with Gasteiger partial charge in [0.2, 0.25) is 0 Å². The van der Waals surface area contributed by atoms with Crippen molar-refractivity contribution in [3.05, 3.63) is 29.6 Å². The summed E-state index contributed by atoms with van der Waals surface area (Å²) in [7, 11) is 0. The lowest BCUT2D eigenvalue weighted by Gasteiger charge is -2.28. The van der Waals surface area contributed by atoms with Crippen LogP contribution in [0.1, 0.15) is 57.4 Å². The highest BCUT2D eigenvalue weighted by molar-refractivity contribution is 5.29. The Balaban J connectivity index is 1.52. The van der Waals surface area contributed by atoms with Gasteiger partial charge in [-0.05, 0) is 62.1 Å². The number of ether oxygens (including phenoxy) is 1. The quantitative estimate of drug-likeness (QED) is 0.837. The third-order valence-electron chi connectivity index (χ3n) is 4.83. The monoisotopic (exact) mass is 291 g/mol. The van der Waals surface area contributed by atoms with E-state index in [0.717, 1.165) is 30.9 Å². The minimum Gasteiger partial charge on any atom is -0.487 e. The molecule has 0 aromatic heterocycles. The molecule has 0 spiro atoms. The second kappa shape index (κ2) is 6.78. The van der Waals surface area contributed by atoms with E-state index in [9.17, 15) is 4.39 Å². The van der Waals surface area contributed by atoms with Crippen LogP contribution in [0.5, 0.6) is 5.75 Å². The average Bonchev–Trinajstić information content (AvgIpc) is 3.33. The van der Waals surface area contributed by atoms with Crippen LogP contribution in [0, 0.1) is 11.7 Å². The van der Waals surface area contributed by atoms with Gasteiger partial charge < -0.3 is 10.1 Å². The average molecular weight is 291 g/mol. The standard InChI is InChI=1S/C18H26FNO/c1-2-13-3-8-16(9-4-13)21-18-10-5-14(11-17(18)19)12-20-15-6-7-15/h5,10-11,13,15-16,20H,2-4,6-9,12H2,1H3. The molecule has 2 aliphatic rings. The van der Waals surface area contributed by atoms with Crippen molar-refractivity contribution in [2.24, 2.45) is 5.92 Å². The molecule has 2 nitrogen and oxygen atoms in total. The summed E-state index contributed by atoms with van der Waals surface area (Å²) in [6.07, 6.45) is 8.50. The van der Waals surface area contributed by atoms with Crippen LogP contribution in [-0.4, -0.2) is 12.1 Å². The maximum Gasteiger partial charge on any atom is 0.165 e. The van der Waals surface area contributed by atoms with Crippen molar-refractivity contribution in [3.8, 4) is 5.75 Å². The lowest BCUT2D eigenvalue weighted by Crippen LogP contribution is -2.24. The van der Waals surface area contributed by atoms with Gasteiger partial charge in [0.05, 0.1) is 6.10 Å². The summed E-state index contributed by atoms with van der Waals surface area (Å²) in [6, 6.07) is 6.04. The van der Waals surface area contributed by atoms with Gasteiger partial charge in [0, 0.05) is 12.6 Å². The van der Waals surface area contributed by atoms with E-state index in [0.29, 0.717) is 11.8 Å². The zero-order valence-corrected chi connectivity index (χ0v) is 12.9. The second-order valence-corrected chi connectivity index (χ2v) is 6.59. The van der Waals surface area contributed by atoms with Gasteiger partial charge in [-0.3, -0.25) is 0 Å². The molecule has 1 aromatic rings. The Morgan fingerprint density at radius 1 is 1.14 bits per heavy atom. The molecule has 3 heteroatoms. The summed E-state index contributed by atoms with van der Waals surface area (Å²) in [5, 5.41) is 3.40. The Hall–Kier alpha value is -1.09. The molecule has 2 aliphatic carbocycles. The molecular weight excluding hydrogens is 265 g/mol. The number of rotatable bonds is 6. The lowest BCUT2D eigenvalue weighted by molar-refractivity contribution is 0.125. The van der Waals surface area contributed by atoms with Gasteiger partial charge in [-0.25, -0.2) is 4.39 Å². The van der Waals surface area contributed by atoms with E-state index < -0.39 is 0 Å². The zero-order valence-electron chi connectivity index (χ0n) is 12.9. The highest BCUT2D eigenvalue weighted by Crippen LogP contribution is 2.30. The number of nitrogens with one attached hydrogen (secondary N) is 1. The van der Waals surface area contributed by atoms with Crippen molar-refractivity contribution >= 4 is 0 Å². The topological polar surface area (TPSA) is 21.3 Å². The second-order valence-electron chi connectivity index (χ2n) is 6.59. The predicted octanol–water partition coefficient (Wildman–Crippen LogP) is 4.43. The van der Waals surface area contributed by atoms with Crippen molar-refractivity contribution in [1.82, 2.24) is 5.32 Å². The smallest absolute Gasteiger partial charge is 0.165 e. The Morgan fingerprint density at radius 3 is 2.52 bits per heavy atom. The van der Waals surface area contributed by atoms with Gasteiger partial charge >= 0.3 is 0 Å². The maximum absolute atomic E-state index is 14.1. The normalized spacial score (nSPS) is 25.8. The highest BCUT2D eigenvalue weighted by Gasteiger charge is 2.22. The molecule has 0 heterocycles. The first-order chi connectivity index (χ1) is 10.2. The molecule has 0 bridgehead atoms. The Bertz CT molecular complexity index is 464. The zero-order chi connectivity index (χ0) is 14.7. The first kappa shape index (κ1) is 14.8. The first-order valence-electron chi connectivity index (χ1n) is 8.43. The Kier molecular flexibility index (Phi) is 4.79. The van der Waals surface area contributed by atoms with Crippen LogP contribution in [0.25, 0.3) is 0 Å². The molecular formula is C18H26FNO. The largest absolute Gasteiger partial charge is 0.487 e. The van der Waals surface area contributed by atoms with Crippen LogP contribution < -0.4 is 10.1 Å². The molecule has 1 N–H and O–H groups in total. The van der Waals surface area contributed by atoms with Crippen molar-refractivity contribution in [2.45, 2.75) is 70.6 Å². The minimum absolute atomic E-state index is 0.192. The van der Waals surface area contributed by atoms with Crippen molar-refractivity contribution in [2.75, 3.05) is 0 Å². The van der Waals surface area contributed by atoms with Gasteiger partial charge in [0.1, 0.15) is 0 Å². The Labute approximate surface area is 127 Å². The molecule has 0 unspecified atom stereocenters. The molecule has 0 aliphatic heterocycles. The summed E-state index contributed by atoms with van der Waals surface area (Å²) in [4.78, 5) is 0. The lowest BCUT2D eigenvalue weighted by atomic mass is 9.86. The van der Waals surface area contributed by atoms with Gasteiger partial charge in [-0.15, -0.1) is 0 Å². The van der Waals surface area contributed by atoms with E-state index in [1.165, 1.54) is 32.1 Å². The van der Waals surface area contributed by atoms with Crippen molar-refractivity contribution in [1.29, 1.82) is 0 Å². The summed E-state index contributed by atoms with van der Waals surface area (Å²) in [5.41, 5.74) is 1.00. The fourth-order valence-electron chi connectivity index (χ4n) is 3.14. The summed E-state index contributed by atoms with van der Waals surface area (Å²) in [5.74, 6) is 1.04. The van der Waals surface area contributed by atoms with Crippen LogP contribution in [0.3, 0.4) is 0 Å². The fraction of sp³-hybridized carbons (Fsp3) is 0.667. The number of hydrogen-bond donors (Lipinski definition) is 1. The van der Waals surface area contributed by atoms with Crippen molar-refractivity contribution in [3.63, 3.8) is 0 Å². The number of benzene rings is 1. The summed E-state index contributed by atoms with van der Waals surface area (Å²) < 4.78 is 20.0. The van der Waals surface area contributed by atoms with Crippen LogP contribution in [0.2, 0.25) is 0 Å². The van der Waals surface area contributed by atoms with Crippen LogP contribution in [0.15, 0.2) is 18.2 Å². The molecule has 116 valence electrons. The maximum atomic E-state index is 14.1. The van der Waals surface area contributed by atoms with E-state index >= 15 is 0 Å². The Morgan fingerprint density at radius 2 is 1.90 bits per heavy atom. The fourth-order valence-corrected chi connectivity index (χ4v) is 3.14. The third kappa shape index (κ3) is 4.19. The highest BCUT2D eigenvalue weighted by atomic mass is 19.1. The first-order valence-corrected chi connectivity index (χ1v) is 8.43. The summed E-state index contributed by atoms with van der Waals surface area (Å²) in [6.45, 7) is 3.00. The molecule has 0 saturated heterocycles. The van der Waals surface area contributed by atoms with E-state index in [4.69, 9.17) is 4.74 Å². The van der Waals surface area contributed by atoms with Gasteiger partial charge in [0.25, 0.3) is 0 Å². The van der Waals surface area contributed by atoms with E-state index in [1.807, 2.05) is 6.07 Å². The van der Waals surface area contributed by atoms with Gasteiger partial charge in [-0.1, -0.05) is 19.4 Å². The molecule has 21 heavy (non-hydrogen) atoms. The molecule has 0 amide bonds. The summed E-state index contributed by atoms with van der Waals surface area (Å²) >= 11 is 0. The van der Waals surface area contributed by atoms with Gasteiger partial charge in [-0.2, -0.15) is 0 Å². The number of hydrogen-bond acceptors (Lipinski definition) is 2. The number of halogens is 1. The molecule has 3 rings (SSSR count). The van der Waals surface area contributed by atoms with Crippen molar-refractivity contribution < 1.29 is 9.13 Å². The molecule has 2 fully saturated rings. The third-order valence-corrected chi connectivity index (χ3v) is 4.83. The van der Waals surface area contributed by atoms with Gasteiger partial charge in [0.15, 0.2) is 11.6 Å². The molecule has 2 saturated carbocycles. The molecule has 0 atom stereocenters.